The molecule has 0 atom stereocenters. The number of ether oxygens (including phenoxy) is 2. The zero-order valence-electron chi connectivity index (χ0n) is 17.0. The molecule has 4 heteroatoms. The summed E-state index contributed by atoms with van der Waals surface area (Å²) in [6.07, 6.45) is 0. The number of methoxy groups -OCH3 is 2. The largest absolute Gasteiger partial charge is 0.507 e. The summed E-state index contributed by atoms with van der Waals surface area (Å²) in [6.45, 7) is 12.4. The summed E-state index contributed by atoms with van der Waals surface area (Å²) < 4.78 is 10.6. The van der Waals surface area contributed by atoms with Gasteiger partial charge in [0.15, 0.2) is 11.5 Å². The van der Waals surface area contributed by atoms with E-state index in [0.717, 1.165) is 22.3 Å². The van der Waals surface area contributed by atoms with Crippen LogP contribution in [0.4, 0.5) is 0 Å². The number of rotatable bonds is 3. The van der Waals surface area contributed by atoms with E-state index in [2.05, 4.69) is 41.5 Å². The summed E-state index contributed by atoms with van der Waals surface area (Å²) in [7, 11) is 3.03. The molecule has 0 fully saturated rings. The van der Waals surface area contributed by atoms with Crippen molar-refractivity contribution in [2.45, 2.75) is 52.4 Å². The van der Waals surface area contributed by atoms with Crippen molar-refractivity contribution in [1.29, 1.82) is 0 Å². The van der Waals surface area contributed by atoms with Crippen LogP contribution in [-0.4, -0.2) is 24.4 Å². The van der Waals surface area contributed by atoms with Gasteiger partial charge >= 0.3 is 0 Å². The van der Waals surface area contributed by atoms with Crippen molar-refractivity contribution in [3.63, 3.8) is 0 Å². The van der Waals surface area contributed by atoms with E-state index in [9.17, 15) is 10.2 Å². The van der Waals surface area contributed by atoms with Gasteiger partial charge in [-0.1, -0.05) is 41.5 Å². The minimum Gasteiger partial charge on any atom is -0.507 e. The molecule has 0 aliphatic heterocycles. The van der Waals surface area contributed by atoms with Crippen LogP contribution in [0.1, 0.15) is 52.7 Å². The lowest BCUT2D eigenvalue weighted by Gasteiger charge is -2.28. The monoisotopic (exact) mass is 358 g/mol. The van der Waals surface area contributed by atoms with Crippen molar-refractivity contribution < 1.29 is 19.7 Å². The van der Waals surface area contributed by atoms with E-state index in [0.29, 0.717) is 17.2 Å². The summed E-state index contributed by atoms with van der Waals surface area (Å²) >= 11 is 0. The second kappa shape index (κ2) is 6.75. The standard InChI is InChI=1S/C22H30O4/c1-21(2,3)15-11-13(12-16(18(15)23)22(4,5)6)14-9-10-17(25-7)19(24)20(14)26-8/h9-12,23-24H,1-8H3. The molecule has 0 aromatic heterocycles. The molecule has 0 radical (unpaired) electrons. The number of hydrogen-bond acceptors (Lipinski definition) is 4. The molecule has 142 valence electrons. The predicted octanol–water partition coefficient (Wildman–Crippen LogP) is 5.38. The van der Waals surface area contributed by atoms with Gasteiger partial charge in [0.05, 0.1) is 14.2 Å². The quantitative estimate of drug-likeness (QED) is 0.774. The van der Waals surface area contributed by atoms with Crippen molar-refractivity contribution in [2.24, 2.45) is 0 Å². The zero-order valence-corrected chi connectivity index (χ0v) is 17.0. The number of phenols is 2. The van der Waals surface area contributed by atoms with Gasteiger partial charge in [0.25, 0.3) is 0 Å². The van der Waals surface area contributed by atoms with Crippen LogP contribution in [0.25, 0.3) is 11.1 Å². The predicted molar refractivity (Wildman–Crippen MR) is 106 cm³/mol. The van der Waals surface area contributed by atoms with Gasteiger partial charge in [-0.2, -0.15) is 0 Å². The van der Waals surface area contributed by atoms with Crippen LogP contribution in [0, 0.1) is 0 Å². The molecule has 2 aromatic rings. The van der Waals surface area contributed by atoms with Gasteiger partial charge < -0.3 is 19.7 Å². The van der Waals surface area contributed by atoms with Gasteiger partial charge in [0, 0.05) is 16.7 Å². The normalized spacial score (nSPS) is 12.2. The molecule has 0 bridgehead atoms. The third-order valence-electron chi connectivity index (χ3n) is 4.56. The van der Waals surface area contributed by atoms with Gasteiger partial charge in [0.1, 0.15) is 5.75 Å². The van der Waals surface area contributed by atoms with Crippen LogP contribution in [0.5, 0.6) is 23.0 Å². The Balaban J connectivity index is 2.85. The summed E-state index contributed by atoms with van der Waals surface area (Å²) in [4.78, 5) is 0. The van der Waals surface area contributed by atoms with Gasteiger partial charge in [0.2, 0.25) is 5.75 Å². The van der Waals surface area contributed by atoms with Gasteiger partial charge in [-0.25, -0.2) is 0 Å². The summed E-state index contributed by atoms with van der Waals surface area (Å²) in [5.41, 5.74) is 2.88. The Morgan fingerprint density at radius 2 is 1.23 bits per heavy atom. The van der Waals surface area contributed by atoms with Crippen molar-refractivity contribution in [3.05, 3.63) is 35.4 Å². The lowest BCUT2D eigenvalue weighted by atomic mass is 9.77. The third-order valence-corrected chi connectivity index (χ3v) is 4.56. The number of hydrogen-bond donors (Lipinski definition) is 2. The molecule has 0 aliphatic carbocycles. The first-order valence-electron chi connectivity index (χ1n) is 8.74. The van der Waals surface area contributed by atoms with Crippen molar-refractivity contribution >= 4 is 0 Å². The van der Waals surface area contributed by atoms with E-state index in [-0.39, 0.29) is 16.6 Å². The van der Waals surface area contributed by atoms with Gasteiger partial charge in [-0.15, -0.1) is 0 Å². The Labute approximate surface area is 156 Å². The molecule has 0 spiro atoms. The van der Waals surface area contributed by atoms with Gasteiger partial charge in [-0.05, 0) is 40.7 Å². The lowest BCUT2D eigenvalue weighted by Crippen LogP contribution is -2.17. The SMILES string of the molecule is COc1ccc(-c2cc(C(C)(C)C)c(O)c(C(C)(C)C)c2)c(OC)c1O. The van der Waals surface area contributed by atoms with Crippen LogP contribution < -0.4 is 9.47 Å². The average Bonchev–Trinajstić information content (AvgIpc) is 2.52. The Morgan fingerprint density at radius 1 is 0.731 bits per heavy atom. The van der Waals surface area contributed by atoms with Crippen molar-refractivity contribution in [1.82, 2.24) is 0 Å². The number of aromatic hydroxyl groups is 2. The Hall–Kier alpha value is -2.36. The first-order valence-corrected chi connectivity index (χ1v) is 8.74. The second-order valence-electron chi connectivity index (χ2n) is 8.62. The highest BCUT2D eigenvalue weighted by atomic mass is 16.5. The van der Waals surface area contributed by atoms with Gasteiger partial charge in [-0.3, -0.25) is 0 Å². The molecule has 2 aromatic carbocycles. The molecule has 0 saturated carbocycles. The molecule has 0 unspecified atom stereocenters. The highest BCUT2D eigenvalue weighted by molar-refractivity contribution is 5.78. The zero-order chi connectivity index (χ0) is 19.9. The maximum absolute atomic E-state index is 10.9. The highest BCUT2D eigenvalue weighted by Gasteiger charge is 2.28. The minimum absolute atomic E-state index is 0.0322. The second-order valence-corrected chi connectivity index (χ2v) is 8.62. The molecule has 26 heavy (non-hydrogen) atoms. The van der Waals surface area contributed by atoms with E-state index in [1.54, 1.807) is 6.07 Å². The smallest absolute Gasteiger partial charge is 0.201 e. The summed E-state index contributed by atoms with van der Waals surface area (Å²) in [5.74, 6) is 1.01. The number of benzene rings is 2. The van der Waals surface area contributed by atoms with E-state index >= 15 is 0 Å². The first-order chi connectivity index (χ1) is 11.9. The maximum atomic E-state index is 10.9. The molecule has 0 amide bonds. The summed E-state index contributed by atoms with van der Waals surface area (Å²) in [5, 5.41) is 21.3. The average molecular weight is 358 g/mol. The number of phenolic OH excluding ortho intramolecular Hbond substituents is 2. The fraction of sp³-hybridized carbons (Fsp3) is 0.455. The first kappa shape index (κ1) is 20.0. The molecule has 0 aliphatic rings. The third kappa shape index (κ3) is 3.59. The van der Waals surface area contributed by atoms with Crippen LogP contribution in [0.2, 0.25) is 0 Å². The minimum atomic E-state index is -0.234. The highest BCUT2D eigenvalue weighted by Crippen LogP contribution is 2.47. The molecular formula is C22H30O4. The Kier molecular flexibility index (Phi) is 5.18. The fourth-order valence-corrected chi connectivity index (χ4v) is 3.09. The topological polar surface area (TPSA) is 58.9 Å². The fourth-order valence-electron chi connectivity index (χ4n) is 3.09. The van der Waals surface area contributed by atoms with E-state index in [4.69, 9.17) is 9.47 Å². The van der Waals surface area contributed by atoms with Crippen LogP contribution in [-0.2, 0) is 10.8 Å². The molecule has 4 nitrogen and oxygen atoms in total. The summed E-state index contributed by atoms with van der Waals surface area (Å²) in [6, 6.07) is 7.51. The molecule has 2 N–H and O–H groups in total. The van der Waals surface area contributed by atoms with Crippen LogP contribution in [0.3, 0.4) is 0 Å². The van der Waals surface area contributed by atoms with Crippen LogP contribution >= 0.6 is 0 Å². The van der Waals surface area contributed by atoms with Crippen molar-refractivity contribution in [2.75, 3.05) is 14.2 Å². The Bertz CT molecular complexity index is 773. The van der Waals surface area contributed by atoms with E-state index in [1.165, 1.54) is 14.2 Å². The lowest BCUT2D eigenvalue weighted by molar-refractivity contribution is 0.341. The van der Waals surface area contributed by atoms with Crippen molar-refractivity contribution in [3.8, 4) is 34.1 Å². The Morgan fingerprint density at radius 3 is 1.62 bits per heavy atom. The van der Waals surface area contributed by atoms with Crippen LogP contribution in [0.15, 0.2) is 24.3 Å². The molecule has 0 saturated heterocycles. The molecule has 0 heterocycles. The molecular weight excluding hydrogens is 328 g/mol. The maximum Gasteiger partial charge on any atom is 0.201 e. The molecule has 2 rings (SSSR count). The van der Waals surface area contributed by atoms with E-state index < -0.39 is 0 Å². The van der Waals surface area contributed by atoms with E-state index in [1.807, 2.05) is 18.2 Å².